The fourth-order valence-electron chi connectivity index (χ4n) is 4.82. The molecule has 2 aliphatic heterocycles. The van der Waals surface area contributed by atoms with Crippen LogP contribution in [0.1, 0.15) is 22.8 Å². The van der Waals surface area contributed by atoms with Gasteiger partial charge in [-0.05, 0) is 6.07 Å². The van der Waals surface area contributed by atoms with Gasteiger partial charge in [-0.15, -0.1) is 0 Å². The third kappa shape index (κ3) is 9.18. The highest BCUT2D eigenvalue weighted by Gasteiger charge is 2.51. The first-order chi connectivity index (χ1) is 23.4. The second-order valence-electron chi connectivity index (χ2n) is 10.2. The van der Waals surface area contributed by atoms with Gasteiger partial charge in [-0.25, -0.2) is 28.4 Å². The van der Waals surface area contributed by atoms with Crippen molar-refractivity contribution in [3.63, 3.8) is 0 Å². The molecule has 0 bridgehead atoms. The number of nitrogen functional groups attached to an aromatic ring is 1. The van der Waals surface area contributed by atoms with Crippen molar-refractivity contribution >= 4 is 53.1 Å². The van der Waals surface area contributed by atoms with Gasteiger partial charge in [-0.3, -0.25) is 23.0 Å². The number of phosphoric acid groups is 3. The van der Waals surface area contributed by atoms with Gasteiger partial charge in [0.1, 0.15) is 54.7 Å². The number of pyridine rings is 1. The van der Waals surface area contributed by atoms with Crippen LogP contribution < -0.4 is 20.9 Å². The molecule has 0 aromatic carbocycles. The highest BCUT2D eigenvalue weighted by molar-refractivity contribution is 7.60. The molecule has 3 aromatic heterocycles. The highest BCUT2D eigenvalue weighted by atomic mass is 31.3. The molecular formula is C22H30N7O18P3. The van der Waals surface area contributed by atoms with Crippen molar-refractivity contribution in [3.05, 3.63) is 42.7 Å². The minimum Gasteiger partial charge on any atom is -0.756 e. The molecule has 2 saturated heterocycles. The summed E-state index contributed by atoms with van der Waals surface area (Å²) in [5.74, 6) is -0.862. The molecule has 5 rings (SSSR count). The van der Waals surface area contributed by atoms with Gasteiger partial charge in [0.25, 0.3) is 20.0 Å². The Hall–Kier alpha value is -3.19. The van der Waals surface area contributed by atoms with Gasteiger partial charge in [0.2, 0.25) is 0 Å². The Morgan fingerprint density at radius 2 is 1.68 bits per heavy atom. The number of nitrogens with zero attached hydrogens (tertiary/aromatic N) is 5. The largest absolute Gasteiger partial charge is 0.756 e. The zero-order chi connectivity index (χ0) is 37.2. The van der Waals surface area contributed by atoms with Crippen molar-refractivity contribution < 1.29 is 90.1 Å². The molecule has 5 heterocycles. The number of carbonyl (C=O) groups is 2. The maximum atomic E-state index is 12.5. The molecule has 10 atom stereocenters. The Morgan fingerprint density at radius 3 is 2.34 bits per heavy atom. The van der Waals surface area contributed by atoms with Crippen LogP contribution in [0, 0.1) is 0 Å². The molecule has 0 aliphatic carbocycles. The average Bonchev–Trinajstić information content (AvgIpc) is 3.69. The number of fused-ring (bicyclic) bond motifs is 1. The molecule has 28 heteroatoms. The summed E-state index contributed by atoms with van der Waals surface area (Å²) in [4.78, 5) is 72.4. The number of hydrogen-bond donors (Lipinski definition) is 8. The van der Waals surface area contributed by atoms with Crippen LogP contribution in [-0.4, -0.2) is 112 Å². The van der Waals surface area contributed by atoms with Gasteiger partial charge in [0.05, 0.1) is 19.5 Å². The number of carbonyl (C=O) groups excluding carboxylic acids is 2. The maximum Gasteiger partial charge on any atom is 0.478 e. The fourth-order valence-corrected chi connectivity index (χ4v) is 7.42. The van der Waals surface area contributed by atoms with Crippen LogP contribution in [0.5, 0.6) is 0 Å². The average molecular weight is 773 g/mol. The number of phosphoric ester groups is 3. The van der Waals surface area contributed by atoms with Crippen LogP contribution in [0.4, 0.5) is 5.82 Å². The van der Waals surface area contributed by atoms with E-state index in [0.717, 1.165) is 17.2 Å². The SMILES string of the molecule is C=O.NC(=O)c1ccc[n+]([C@@H]2O[C@H](COP(=O)([O-])OP(=O)(O)OC[C@H]3O[C@@H](n4cnc5c(N)ncnc54)[C@H](OP(=O)(O)O)[C@@H]3O)[C@@H](O)[C@H]2O)c1. The summed E-state index contributed by atoms with van der Waals surface area (Å²) < 4.78 is 67.9. The number of amides is 1. The lowest BCUT2D eigenvalue weighted by molar-refractivity contribution is -0.765. The molecule has 0 radical (unpaired) electrons. The number of rotatable bonds is 13. The van der Waals surface area contributed by atoms with Crippen molar-refractivity contribution in [1.82, 2.24) is 19.5 Å². The molecule has 276 valence electrons. The number of nitrogens with two attached hydrogens (primary N) is 2. The fraction of sp³-hybridized carbons (Fsp3) is 0.455. The minimum atomic E-state index is -5.72. The lowest BCUT2D eigenvalue weighted by atomic mass is 10.1. The number of aliphatic hydroxyl groups is 3. The Balaban J connectivity index is 0.00000276. The molecule has 2 aliphatic rings. The van der Waals surface area contributed by atoms with Crippen LogP contribution in [0.3, 0.4) is 0 Å². The van der Waals surface area contributed by atoms with E-state index in [4.69, 9.17) is 25.7 Å². The van der Waals surface area contributed by atoms with Crippen molar-refractivity contribution in [2.75, 3.05) is 18.9 Å². The normalized spacial score (nSPS) is 29.2. The van der Waals surface area contributed by atoms with Gasteiger partial charge in [-0.2, -0.15) is 4.57 Å². The molecular weight excluding hydrogens is 743 g/mol. The smallest absolute Gasteiger partial charge is 0.478 e. The van der Waals surface area contributed by atoms with Gasteiger partial charge >= 0.3 is 15.6 Å². The summed E-state index contributed by atoms with van der Waals surface area (Å²) >= 11 is 0. The number of ether oxygens (including phenoxy) is 2. The van der Waals surface area contributed by atoms with E-state index in [0.29, 0.717) is 0 Å². The zero-order valence-electron chi connectivity index (χ0n) is 25.0. The molecule has 2 fully saturated rings. The molecule has 0 saturated carbocycles. The summed E-state index contributed by atoms with van der Waals surface area (Å²) in [6.07, 6.45) is -8.59. The highest BCUT2D eigenvalue weighted by Crippen LogP contribution is 2.58. The summed E-state index contributed by atoms with van der Waals surface area (Å²) in [6.45, 7) is -0.123. The van der Waals surface area contributed by atoms with E-state index in [9.17, 15) is 53.4 Å². The standard InChI is InChI=1S/C21H28N7O17P3.CH2O/c22-17-12-19(25-7-24-17)28(8-26-12)21-16(44-46(33,34)35)14(30)11(43-21)6-41-48(38,39)45-47(36,37)40-5-10-13(29)15(31)20(42-10)27-3-1-2-9(4-27)18(23)32;1-2/h1-4,7-8,10-11,13-16,20-21,29-31H,5-6H2,(H7-,22,23,24,25,32,33,34,35,36,37,38,39);1H2/t10-,11-,13-,14-,15-,16-,20-,21-;/m1./s1. The van der Waals surface area contributed by atoms with Crippen LogP contribution in [0.15, 0.2) is 37.2 Å². The van der Waals surface area contributed by atoms with Gasteiger partial charge in [-0.1, -0.05) is 0 Å². The molecule has 25 nitrogen and oxygen atoms in total. The topological polar surface area (TPSA) is 385 Å². The minimum absolute atomic E-state index is 0.00541. The van der Waals surface area contributed by atoms with Crippen molar-refractivity contribution in [3.8, 4) is 0 Å². The third-order valence-electron chi connectivity index (χ3n) is 6.97. The predicted molar refractivity (Wildman–Crippen MR) is 155 cm³/mol. The number of hydrogen-bond acceptors (Lipinski definition) is 19. The number of primary amides is 1. The summed E-state index contributed by atoms with van der Waals surface area (Å²) in [7, 11) is -16.6. The molecule has 50 heavy (non-hydrogen) atoms. The summed E-state index contributed by atoms with van der Waals surface area (Å²) in [5.41, 5.74) is 11.1. The summed E-state index contributed by atoms with van der Waals surface area (Å²) in [6, 6.07) is 2.77. The third-order valence-corrected chi connectivity index (χ3v) is 10.1. The Bertz CT molecular complexity index is 1830. The van der Waals surface area contributed by atoms with E-state index in [2.05, 4.69) is 32.8 Å². The molecule has 1 amide bonds. The number of aliphatic hydroxyl groups excluding tert-OH is 3. The second-order valence-corrected chi connectivity index (χ2v) is 14.4. The van der Waals surface area contributed by atoms with E-state index in [1.807, 2.05) is 6.79 Å². The lowest BCUT2D eigenvalue weighted by Crippen LogP contribution is -2.46. The van der Waals surface area contributed by atoms with Crippen LogP contribution in [0.25, 0.3) is 11.2 Å². The monoisotopic (exact) mass is 773 g/mol. The van der Waals surface area contributed by atoms with Crippen molar-refractivity contribution in [2.24, 2.45) is 5.73 Å². The number of anilines is 1. The van der Waals surface area contributed by atoms with Crippen molar-refractivity contribution in [2.45, 2.75) is 49.1 Å². The first kappa shape index (κ1) is 39.6. The van der Waals surface area contributed by atoms with Gasteiger partial charge in [0, 0.05) is 6.07 Å². The quantitative estimate of drug-likeness (QED) is 0.0611. The van der Waals surface area contributed by atoms with E-state index in [-0.39, 0.29) is 22.5 Å². The first-order valence-corrected chi connectivity index (χ1v) is 18.1. The Kier molecular flexibility index (Phi) is 12.3. The van der Waals surface area contributed by atoms with Crippen LogP contribution >= 0.6 is 23.5 Å². The van der Waals surface area contributed by atoms with E-state index < -0.39 is 91.7 Å². The number of aromatic nitrogens is 5. The second kappa shape index (κ2) is 15.6. The molecule has 0 spiro atoms. The molecule has 10 N–H and O–H groups in total. The first-order valence-electron chi connectivity index (χ1n) is 13.6. The zero-order valence-corrected chi connectivity index (χ0v) is 27.7. The molecule has 3 aromatic rings. The van der Waals surface area contributed by atoms with Gasteiger partial charge < -0.3 is 65.2 Å². The van der Waals surface area contributed by atoms with Crippen LogP contribution in [0.2, 0.25) is 0 Å². The van der Waals surface area contributed by atoms with Crippen LogP contribution in [-0.2, 0) is 45.8 Å². The Labute approximate surface area is 279 Å². The number of imidazole rings is 1. The Morgan fingerprint density at radius 1 is 1.02 bits per heavy atom. The maximum absolute atomic E-state index is 12.5. The van der Waals surface area contributed by atoms with Crippen molar-refractivity contribution in [1.29, 1.82) is 0 Å². The lowest BCUT2D eigenvalue weighted by Gasteiger charge is -2.26. The predicted octanol–water partition coefficient (Wildman–Crippen LogP) is -3.72. The van der Waals surface area contributed by atoms with E-state index in [1.165, 1.54) is 29.1 Å². The summed E-state index contributed by atoms with van der Waals surface area (Å²) in [5, 5.41) is 31.5. The van der Waals surface area contributed by atoms with E-state index in [1.54, 1.807) is 0 Å². The van der Waals surface area contributed by atoms with E-state index >= 15 is 0 Å². The van der Waals surface area contributed by atoms with Gasteiger partial charge in [0.15, 0.2) is 36.2 Å². The molecule has 2 unspecified atom stereocenters.